The molecule has 3 unspecified atom stereocenters. The molecule has 3 nitrogen and oxygen atoms in total. The summed E-state index contributed by atoms with van der Waals surface area (Å²) in [5.41, 5.74) is 3.87. The Labute approximate surface area is 282 Å². The lowest BCUT2D eigenvalue weighted by molar-refractivity contribution is -0.0172. The molecule has 0 amide bonds. The smallest absolute Gasteiger partial charge is 0.192 e. The van der Waals surface area contributed by atoms with Gasteiger partial charge in [-0.3, -0.25) is 0 Å². The van der Waals surface area contributed by atoms with Crippen molar-refractivity contribution in [2.75, 3.05) is 6.61 Å². The van der Waals surface area contributed by atoms with Gasteiger partial charge in [0.15, 0.2) is 16.6 Å². The molecule has 0 aromatic rings. The van der Waals surface area contributed by atoms with Crippen LogP contribution >= 0.6 is 0 Å². The van der Waals surface area contributed by atoms with Crippen LogP contribution in [-0.4, -0.2) is 41.1 Å². The molecule has 0 N–H and O–H groups in total. The average Bonchev–Trinajstić information content (AvgIpc) is 3.58. The van der Waals surface area contributed by atoms with Crippen LogP contribution in [0.3, 0.4) is 0 Å². The second kappa shape index (κ2) is 12.9. The van der Waals surface area contributed by atoms with Crippen LogP contribution in [-0.2, 0) is 13.6 Å². The molecule has 1 aliphatic heterocycles. The van der Waals surface area contributed by atoms with Crippen molar-refractivity contribution < 1.29 is 13.6 Å². The Balaban J connectivity index is 1.58. The largest absolute Gasteiger partial charge is 0.410 e. The molecule has 3 aliphatic carbocycles. The maximum absolute atomic E-state index is 7.24. The summed E-state index contributed by atoms with van der Waals surface area (Å²) in [6, 6.07) is 0. The van der Waals surface area contributed by atoms with Crippen molar-refractivity contribution in [3.8, 4) is 0 Å². The lowest BCUT2D eigenvalue weighted by atomic mass is 9.60. The molecule has 45 heavy (non-hydrogen) atoms. The quantitative estimate of drug-likeness (QED) is 0.182. The molecule has 0 radical (unpaired) electrons. The molecular formula is C40H74O3Si2. The van der Waals surface area contributed by atoms with Crippen molar-refractivity contribution in [1.29, 1.82) is 0 Å². The van der Waals surface area contributed by atoms with Crippen molar-refractivity contribution in [3.05, 3.63) is 23.3 Å². The van der Waals surface area contributed by atoms with Gasteiger partial charge in [-0.05, 0) is 116 Å². The third kappa shape index (κ3) is 8.16. The van der Waals surface area contributed by atoms with Crippen LogP contribution in [0.2, 0.25) is 36.3 Å². The van der Waals surface area contributed by atoms with Crippen LogP contribution in [0.25, 0.3) is 0 Å². The van der Waals surface area contributed by atoms with Gasteiger partial charge in [-0.15, -0.1) is 0 Å². The average molecular weight is 659 g/mol. The van der Waals surface area contributed by atoms with Gasteiger partial charge in [0.2, 0.25) is 0 Å². The number of ether oxygens (including phenoxy) is 1. The Hall–Kier alpha value is -0.206. The number of epoxide rings is 1. The molecule has 1 heterocycles. The first-order valence-electron chi connectivity index (χ1n) is 18.8. The van der Waals surface area contributed by atoms with Crippen molar-refractivity contribution in [2.24, 2.45) is 28.6 Å². The molecule has 4 rings (SSSR count). The highest BCUT2D eigenvalue weighted by Gasteiger charge is 2.63. The SMILES string of the molecule is C[C@H](CCCC(C)(C)C)C1CCC2/C(=C/C=C3C[C@@H](O[Si](C)(C)C(C)(C)C)C4(CO4)[C@H](O[Si](C)(C)C(C)(C)C)C3)CCCC21C. The standard InChI is InChI=1S/C40H74O3Si2/c1-29(18-16-24-36(2,3)4)32-22-23-33-31(19-17-25-39(32,33)11)21-20-30-26-34(42-44(12,13)37(5,6)7)40(28-41-40)35(27-30)43-45(14,15)38(8,9)10/h20-21,29,32-35H,16-19,22-28H2,1-15H3/b30-20?,31-21+/t29-,32?,33?,34-,35-,39?,40?/m1/s1. The molecule has 1 saturated heterocycles. The van der Waals surface area contributed by atoms with Gasteiger partial charge in [-0.1, -0.05) is 112 Å². The lowest BCUT2D eigenvalue weighted by Gasteiger charge is -2.48. The van der Waals surface area contributed by atoms with E-state index in [4.69, 9.17) is 13.6 Å². The summed E-state index contributed by atoms with van der Waals surface area (Å²) in [5, 5.41) is 0.329. The predicted molar refractivity (Wildman–Crippen MR) is 199 cm³/mol. The van der Waals surface area contributed by atoms with Gasteiger partial charge >= 0.3 is 0 Å². The molecule has 0 aromatic carbocycles. The van der Waals surface area contributed by atoms with Crippen molar-refractivity contribution >= 4 is 16.6 Å². The Morgan fingerprint density at radius 3 is 1.87 bits per heavy atom. The molecular weight excluding hydrogens is 585 g/mol. The summed E-state index contributed by atoms with van der Waals surface area (Å²) in [6.45, 7) is 36.9. The minimum Gasteiger partial charge on any atom is -0.410 e. The number of allylic oxidation sites excluding steroid dienone is 3. The zero-order valence-electron chi connectivity index (χ0n) is 32.5. The molecule has 4 fully saturated rings. The zero-order valence-corrected chi connectivity index (χ0v) is 34.5. The Morgan fingerprint density at radius 1 is 0.867 bits per heavy atom. The third-order valence-electron chi connectivity index (χ3n) is 13.8. The van der Waals surface area contributed by atoms with Crippen LogP contribution in [0.5, 0.6) is 0 Å². The van der Waals surface area contributed by atoms with Gasteiger partial charge in [-0.25, -0.2) is 0 Å². The van der Waals surface area contributed by atoms with Crippen LogP contribution in [0.15, 0.2) is 23.3 Å². The van der Waals surface area contributed by atoms with E-state index in [0.717, 1.165) is 37.2 Å². The van der Waals surface area contributed by atoms with Crippen molar-refractivity contribution in [2.45, 2.75) is 194 Å². The highest BCUT2D eigenvalue weighted by Crippen LogP contribution is 2.60. The van der Waals surface area contributed by atoms with E-state index in [1.54, 1.807) is 5.57 Å². The summed E-state index contributed by atoms with van der Waals surface area (Å²) >= 11 is 0. The molecule has 6 atom stereocenters. The minimum atomic E-state index is -1.98. The summed E-state index contributed by atoms with van der Waals surface area (Å²) in [7, 11) is -3.97. The molecule has 3 saturated carbocycles. The molecule has 4 aliphatic rings. The zero-order chi connectivity index (χ0) is 33.9. The van der Waals surface area contributed by atoms with Crippen LogP contribution in [0, 0.1) is 28.6 Å². The predicted octanol–water partition coefficient (Wildman–Crippen LogP) is 12.3. The van der Waals surface area contributed by atoms with Crippen LogP contribution in [0.1, 0.15) is 140 Å². The van der Waals surface area contributed by atoms with Crippen molar-refractivity contribution in [1.82, 2.24) is 0 Å². The topological polar surface area (TPSA) is 31.0 Å². The molecule has 1 spiro atoms. The summed E-state index contributed by atoms with van der Waals surface area (Å²) in [5.74, 6) is 2.44. The number of rotatable bonds is 9. The number of hydrogen-bond donors (Lipinski definition) is 0. The first-order chi connectivity index (χ1) is 20.4. The van der Waals surface area contributed by atoms with E-state index in [0.29, 0.717) is 10.8 Å². The highest BCUT2D eigenvalue weighted by atomic mass is 28.4. The first kappa shape index (κ1) is 37.6. The summed E-state index contributed by atoms with van der Waals surface area (Å²) < 4.78 is 20.9. The molecule has 5 heteroatoms. The van der Waals surface area contributed by atoms with E-state index in [1.807, 2.05) is 0 Å². The summed E-state index contributed by atoms with van der Waals surface area (Å²) in [4.78, 5) is 0. The number of fused-ring (bicyclic) bond motifs is 1. The second-order valence-corrected chi connectivity index (χ2v) is 30.0. The van der Waals surface area contributed by atoms with E-state index in [2.05, 4.69) is 115 Å². The van der Waals surface area contributed by atoms with E-state index < -0.39 is 16.6 Å². The Morgan fingerprint density at radius 2 is 1.40 bits per heavy atom. The van der Waals surface area contributed by atoms with Gasteiger partial charge in [-0.2, -0.15) is 0 Å². The summed E-state index contributed by atoms with van der Waals surface area (Å²) in [6.07, 6.45) is 18.1. The minimum absolute atomic E-state index is 0.0768. The highest BCUT2D eigenvalue weighted by molar-refractivity contribution is 6.74. The van der Waals surface area contributed by atoms with Crippen LogP contribution in [0.4, 0.5) is 0 Å². The van der Waals surface area contributed by atoms with E-state index in [9.17, 15) is 0 Å². The van der Waals surface area contributed by atoms with Gasteiger partial charge in [0, 0.05) is 0 Å². The van der Waals surface area contributed by atoms with Gasteiger partial charge < -0.3 is 13.6 Å². The Bertz CT molecular complexity index is 1050. The van der Waals surface area contributed by atoms with E-state index in [-0.39, 0.29) is 27.9 Å². The second-order valence-electron chi connectivity index (χ2n) is 20.5. The molecule has 260 valence electrons. The van der Waals surface area contributed by atoms with E-state index in [1.165, 1.54) is 56.9 Å². The fraction of sp³-hybridized carbons (Fsp3) is 0.900. The maximum atomic E-state index is 7.24. The van der Waals surface area contributed by atoms with E-state index >= 15 is 0 Å². The fourth-order valence-corrected chi connectivity index (χ4v) is 11.3. The molecule has 0 aromatic heterocycles. The fourth-order valence-electron chi connectivity index (χ4n) is 8.65. The third-order valence-corrected chi connectivity index (χ3v) is 22.8. The molecule has 0 bridgehead atoms. The van der Waals surface area contributed by atoms with Gasteiger partial charge in [0.05, 0.1) is 18.8 Å². The normalized spacial score (nSPS) is 34.7. The van der Waals surface area contributed by atoms with Gasteiger partial charge in [0.25, 0.3) is 0 Å². The maximum Gasteiger partial charge on any atom is 0.192 e. The lowest BCUT2D eigenvalue weighted by Crippen LogP contribution is -2.57. The first-order valence-corrected chi connectivity index (χ1v) is 24.6. The van der Waals surface area contributed by atoms with Crippen molar-refractivity contribution in [3.63, 3.8) is 0 Å². The Kier molecular flexibility index (Phi) is 10.8. The monoisotopic (exact) mass is 659 g/mol. The number of hydrogen-bond acceptors (Lipinski definition) is 3. The van der Waals surface area contributed by atoms with Gasteiger partial charge in [0.1, 0.15) is 5.60 Å². The van der Waals surface area contributed by atoms with Crippen LogP contribution < -0.4 is 0 Å².